The first kappa shape index (κ1) is 22.5. The van der Waals surface area contributed by atoms with Crippen LogP contribution in [0.3, 0.4) is 0 Å². The van der Waals surface area contributed by atoms with E-state index < -0.39 is 0 Å². The number of hydrogen-bond donors (Lipinski definition) is 0. The molecule has 4 aliphatic rings. The number of nitrogens with zero attached hydrogens (tertiary/aromatic N) is 1. The Hall–Kier alpha value is -0.730. The van der Waals surface area contributed by atoms with Gasteiger partial charge in [-0.2, -0.15) is 0 Å². The second-order valence-electron chi connectivity index (χ2n) is 12.3. The van der Waals surface area contributed by atoms with Crippen molar-refractivity contribution < 1.29 is 9.53 Å². The molecular formula is C27H47NO2. The van der Waals surface area contributed by atoms with E-state index >= 15 is 0 Å². The molecule has 0 aromatic carbocycles. The van der Waals surface area contributed by atoms with Crippen molar-refractivity contribution in [2.75, 3.05) is 0 Å². The molecule has 2 unspecified atom stereocenters. The van der Waals surface area contributed by atoms with E-state index in [-0.39, 0.29) is 17.1 Å². The van der Waals surface area contributed by atoms with E-state index in [1.165, 1.54) is 96.3 Å². The Morgan fingerprint density at radius 3 is 1.73 bits per heavy atom. The molecule has 3 nitrogen and oxygen atoms in total. The molecule has 2 atom stereocenters. The lowest BCUT2D eigenvalue weighted by atomic mass is 9.51. The summed E-state index contributed by atoms with van der Waals surface area (Å²) < 4.78 is 6.61. The third-order valence-electron chi connectivity index (χ3n) is 9.40. The zero-order valence-electron chi connectivity index (χ0n) is 20.3. The summed E-state index contributed by atoms with van der Waals surface area (Å²) in [5, 5.41) is 0. The number of ether oxygens (including phenoxy) is 1. The van der Waals surface area contributed by atoms with E-state index in [1.807, 2.05) is 0 Å². The van der Waals surface area contributed by atoms with Crippen molar-refractivity contribution in [3.63, 3.8) is 0 Å². The van der Waals surface area contributed by atoms with Crippen LogP contribution in [0.1, 0.15) is 124 Å². The molecular weight excluding hydrogens is 370 g/mol. The van der Waals surface area contributed by atoms with Gasteiger partial charge in [-0.25, -0.2) is 4.79 Å². The van der Waals surface area contributed by atoms with Crippen LogP contribution in [0.2, 0.25) is 0 Å². The maximum atomic E-state index is 13.8. The van der Waals surface area contributed by atoms with Crippen molar-refractivity contribution >= 4 is 6.09 Å². The largest absolute Gasteiger partial charge is 0.443 e. The van der Waals surface area contributed by atoms with E-state index in [4.69, 9.17) is 4.74 Å². The van der Waals surface area contributed by atoms with Gasteiger partial charge in [-0.1, -0.05) is 52.4 Å². The monoisotopic (exact) mass is 417 g/mol. The van der Waals surface area contributed by atoms with Gasteiger partial charge in [0.2, 0.25) is 0 Å². The van der Waals surface area contributed by atoms with Gasteiger partial charge in [0.1, 0.15) is 5.60 Å². The third kappa shape index (κ3) is 4.56. The van der Waals surface area contributed by atoms with Gasteiger partial charge in [0.15, 0.2) is 0 Å². The Balaban J connectivity index is 1.54. The van der Waals surface area contributed by atoms with E-state index in [0.29, 0.717) is 12.1 Å². The van der Waals surface area contributed by atoms with Crippen LogP contribution in [-0.2, 0) is 4.74 Å². The molecule has 0 aromatic rings. The Bertz CT molecular complexity index is 550. The molecule has 0 saturated heterocycles. The lowest BCUT2D eigenvalue weighted by molar-refractivity contribution is -0.142. The van der Waals surface area contributed by atoms with Crippen LogP contribution in [0.4, 0.5) is 4.79 Å². The topological polar surface area (TPSA) is 29.5 Å². The van der Waals surface area contributed by atoms with Crippen molar-refractivity contribution in [1.82, 2.24) is 4.90 Å². The lowest BCUT2D eigenvalue weighted by Gasteiger charge is -2.57. The van der Waals surface area contributed by atoms with E-state index in [1.54, 1.807) is 0 Å². The number of hydrogen-bond acceptors (Lipinski definition) is 2. The number of fused-ring (bicyclic) bond motifs is 2. The van der Waals surface area contributed by atoms with Gasteiger partial charge in [0.05, 0.1) is 0 Å². The highest BCUT2D eigenvalue weighted by Crippen LogP contribution is 2.58. The number of carbonyl (C=O) groups excluding carboxylic acids is 1. The fraction of sp³-hybridized carbons (Fsp3) is 0.963. The summed E-state index contributed by atoms with van der Waals surface area (Å²) in [6, 6.07) is 0.817. The van der Waals surface area contributed by atoms with E-state index in [0.717, 1.165) is 17.8 Å². The average molecular weight is 418 g/mol. The molecule has 4 fully saturated rings. The normalized spacial score (nSPS) is 36.3. The average Bonchev–Trinajstić information content (AvgIpc) is 2.68. The zero-order chi connectivity index (χ0) is 21.4. The minimum Gasteiger partial charge on any atom is -0.443 e. The zero-order valence-corrected chi connectivity index (χ0v) is 20.3. The highest BCUT2D eigenvalue weighted by Gasteiger charge is 2.55. The van der Waals surface area contributed by atoms with Crippen LogP contribution >= 0.6 is 0 Å². The number of carbonyl (C=O) groups is 1. The highest BCUT2D eigenvalue weighted by atomic mass is 16.6. The Morgan fingerprint density at radius 2 is 1.27 bits per heavy atom. The van der Waals surface area contributed by atoms with Crippen molar-refractivity contribution in [2.24, 2.45) is 23.2 Å². The fourth-order valence-electron chi connectivity index (χ4n) is 8.14. The van der Waals surface area contributed by atoms with Crippen molar-refractivity contribution in [3.8, 4) is 0 Å². The lowest BCUT2D eigenvalue weighted by Crippen LogP contribution is -2.57. The maximum absolute atomic E-state index is 13.8. The predicted molar refractivity (Wildman–Crippen MR) is 123 cm³/mol. The minimum atomic E-state index is -0.382. The van der Waals surface area contributed by atoms with Gasteiger partial charge in [-0.15, -0.1) is 0 Å². The molecule has 4 saturated carbocycles. The van der Waals surface area contributed by atoms with Crippen molar-refractivity contribution in [2.45, 2.75) is 142 Å². The van der Waals surface area contributed by atoms with Crippen LogP contribution in [-0.4, -0.2) is 28.7 Å². The van der Waals surface area contributed by atoms with Crippen LogP contribution in [0.5, 0.6) is 0 Å². The van der Waals surface area contributed by atoms with Crippen molar-refractivity contribution in [1.29, 1.82) is 0 Å². The first-order chi connectivity index (χ1) is 14.3. The van der Waals surface area contributed by atoms with Gasteiger partial charge >= 0.3 is 6.09 Å². The molecule has 0 heterocycles. The van der Waals surface area contributed by atoms with Gasteiger partial charge in [0.25, 0.3) is 0 Å². The molecule has 172 valence electrons. The van der Waals surface area contributed by atoms with Gasteiger partial charge in [-0.3, -0.25) is 0 Å². The van der Waals surface area contributed by atoms with Gasteiger partial charge in [-0.05, 0) is 89.4 Å². The van der Waals surface area contributed by atoms with Crippen LogP contribution in [0.25, 0.3) is 0 Å². The molecule has 4 aliphatic carbocycles. The molecule has 30 heavy (non-hydrogen) atoms. The Kier molecular flexibility index (Phi) is 6.76. The SMILES string of the molecule is CC1CC2CC(C)CC(C(C)(C)OC(=O)N(C3CCCCC3)C3CCCCC3)(C1)C2. The maximum Gasteiger partial charge on any atom is 0.410 e. The summed E-state index contributed by atoms with van der Waals surface area (Å²) >= 11 is 0. The number of amides is 1. The van der Waals surface area contributed by atoms with E-state index in [9.17, 15) is 4.79 Å². The molecule has 0 spiro atoms. The summed E-state index contributed by atoms with van der Waals surface area (Å²) in [5.41, 5.74) is -0.221. The van der Waals surface area contributed by atoms with Gasteiger partial charge < -0.3 is 9.64 Å². The summed E-state index contributed by atoms with van der Waals surface area (Å²) in [6.45, 7) is 9.34. The highest BCUT2D eigenvalue weighted by molar-refractivity contribution is 5.69. The first-order valence-electron chi connectivity index (χ1n) is 13.3. The molecule has 2 bridgehead atoms. The molecule has 4 rings (SSSR count). The fourth-order valence-corrected chi connectivity index (χ4v) is 8.14. The van der Waals surface area contributed by atoms with Gasteiger partial charge in [0, 0.05) is 17.5 Å². The third-order valence-corrected chi connectivity index (χ3v) is 9.40. The quantitative estimate of drug-likeness (QED) is 0.468. The summed E-state index contributed by atoms with van der Waals surface area (Å²) in [7, 11) is 0. The first-order valence-corrected chi connectivity index (χ1v) is 13.3. The molecule has 0 aromatic heterocycles. The summed E-state index contributed by atoms with van der Waals surface area (Å²) in [6.07, 6.45) is 18.9. The number of rotatable bonds is 4. The standard InChI is InChI=1S/C27H47NO2/c1-20-15-22-16-21(2)18-27(17-20,19-22)26(3,4)30-25(29)28(23-11-7-5-8-12-23)24-13-9-6-10-14-24/h20-24H,5-19H2,1-4H3. The minimum absolute atomic E-state index is 0.0150. The molecule has 3 heteroatoms. The summed E-state index contributed by atoms with van der Waals surface area (Å²) in [4.78, 5) is 16.1. The van der Waals surface area contributed by atoms with Crippen LogP contribution < -0.4 is 0 Å². The van der Waals surface area contributed by atoms with E-state index in [2.05, 4.69) is 32.6 Å². The van der Waals surface area contributed by atoms with Crippen molar-refractivity contribution in [3.05, 3.63) is 0 Å². The smallest absolute Gasteiger partial charge is 0.410 e. The predicted octanol–water partition coefficient (Wildman–Crippen LogP) is 7.72. The Morgan fingerprint density at radius 1 is 0.800 bits per heavy atom. The second-order valence-corrected chi connectivity index (χ2v) is 12.3. The Labute approximate surface area is 185 Å². The molecule has 1 amide bonds. The van der Waals surface area contributed by atoms with Crippen LogP contribution in [0, 0.1) is 23.2 Å². The summed E-state index contributed by atoms with van der Waals surface area (Å²) in [5.74, 6) is 2.33. The molecule has 0 N–H and O–H groups in total. The molecule has 0 aliphatic heterocycles. The van der Waals surface area contributed by atoms with Crippen LogP contribution in [0.15, 0.2) is 0 Å². The second kappa shape index (κ2) is 9.02. The molecule has 0 radical (unpaired) electrons.